The highest BCUT2D eigenvalue weighted by molar-refractivity contribution is 5.50. The van der Waals surface area contributed by atoms with Crippen LogP contribution in [0.3, 0.4) is 0 Å². The van der Waals surface area contributed by atoms with Crippen LogP contribution in [0.4, 0.5) is 15.8 Å². The van der Waals surface area contributed by atoms with Crippen LogP contribution in [0.1, 0.15) is 19.8 Å². The average molecular weight is 238 g/mol. The first-order chi connectivity index (χ1) is 8.04. The Labute approximate surface area is 99.3 Å². The van der Waals surface area contributed by atoms with Crippen molar-refractivity contribution in [3.63, 3.8) is 0 Å². The lowest BCUT2D eigenvalue weighted by Crippen LogP contribution is -2.14. The molecule has 0 amide bonds. The molecule has 92 valence electrons. The summed E-state index contributed by atoms with van der Waals surface area (Å²) in [6.45, 7) is 5.58. The minimum absolute atomic E-state index is 0.161. The molecule has 17 heavy (non-hydrogen) atoms. The number of halogens is 1. The summed E-state index contributed by atoms with van der Waals surface area (Å²) in [7, 11) is 0. The molecule has 1 unspecified atom stereocenters. The van der Waals surface area contributed by atoms with Crippen molar-refractivity contribution in [1.29, 1.82) is 0 Å². The van der Waals surface area contributed by atoms with Crippen LogP contribution in [-0.2, 0) is 0 Å². The molecule has 0 aliphatic rings. The Kier molecular flexibility index (Phi) is 4.63. The SMILES string of the molecule is C=CCCC(C)Nc1ccc([N+](=O)[O-])c(F)c1. The first kappa shape index (κ1) is 13.2. The molecule has 5 heteroatoms. The first-order valence-corrected chi connectivity index (χ1v) is 5.36. The van der Waals surface area contributed by atoms with Crippen LogP contribution in [0.2, 0.25) is 0 Å². The summed E-state index contributed by atoms with van der Waals surface area (Å²) >= 11 is 0. The second-order valence-electron chi connectivity index (χ2n) is 3.83. The molecule has 0 aromatic heterocycles. The normalized spacial score (nSPS) is 11.9. The zero-order valence-electron chi connectivity index (χ0n) is 9.65. The summed E-state index contributed by atoms with van der Waals surface area (Å²) in [6, 6.07) is 3.97. The van der Waals surface area contributed by atoms with Crippen molar-refractivity contribution in [3.8, 4) is 0 Å². The van der Waals surface area contributed by atoms with Gasteiger partial charge in [0.25, 0.3) is 0 Å². The zero-order valence-corrected chi connectivity index (χ0v) is 9.65. The van der Waals surface area contributed by atoms with Crippen molar-refractivity contribution in [2.45, 2.75) is 25.8 Å². The summed E-state index contributed by atoms with van der Waals surface area (Å²) in [6.07, 6.45) is 3.56. The summed E-state index contributed by atoms with van der Waals surface area (Å²) in [5.74, 6) is -0.823. The molecule has 1 atom stereocenters. The zero-order chi connectivity index (χ0) is 12.8. The molecule has 0 aliphatic heterocycles. The van der Waals surface area contributed by atoms with E-state index in [9.17, 15) is 14.5 Å². The number of nitrogens with one attached hydrogen (secondary N) is 1. The maximum absolute atomic E-state index is 13.3. The molecule has 1 N–H and O–H groups in total. The molecule has 0 aliphatic carbocycles. The van der Waals surface area contributed by atoms with Crippen LogP contribution < -0.4 is 5.32 Å². The van der Waals surface area contributed by atoms with Gasteiger partial charge in [-0.2, -0.15) is 4.39 Å². The number of nitrogens with zero attached hydrogens (tertiary/aromatic N) is 1. The molecule has 1 aromatic rings. The molecule has 1 aromatic carbocycles. The van der Waals surface area contributed by atoms with E-state index in [0.717, 1.165) is 25.0 Å². The van der Waals surface area contributed by atoms with Crippen molar-refractivity contribution >= 4 is 11.4 Å². The summed E-state index contributed by atoms with van der Waals surface area (Å²) in [5, 5.41) is 13.5. The van der Waals surface area contributed by atoms with Gasteiger partial charge in [0.05, 0.1) is 4.92 Å². The highest BCUT2D eigenvalue weighted by atomic mass is 19.1. The molecule has 0 heterocycles. The van der Waals surface area contributed by atoms with E-state index in [0.29, 0.717) is 5.69 Å². The highest BCUT2D eigenvalue weighted by Crippen LogP contribution is 2.21. The van der Waals surface area contributed by atoms with Crippen molar-refractivity contribution < 1.29 is 9.31 Å². The van der Waals surface area contributed by atoms with E-state index in [1.807, 2.05) is 13.0 Å². The third-order valence-corrected chi connectivity index (χ3v) is 2.36. The molecular formula is C12H15FN2O2. The number of hydrogen-bond donors (Lipinski definition) is 1. The van der Waals surface area contributed by atoms with Gasteiger partial charge in [-0.1, -0.05) is 6.08 Å². The lowest BCUT2D eigenvalue weighted by atomic mass is 10.1. The van der Waals surface area contributed by atoms with Crippen molar-refractivity contribution in [2.75, 3.05) is 5.32 Å². The summed E-state index contributed by atoms with van der Waals surface area (Å²) in [5.41, 5.74) is 0.0407. The van der Waals surface area contributed by atoms with E-state index in [4.69, 9.17) is 0 Å². The Bertz CT molecular complexity index is 421. The predicted octanol–water partition coefficient (Wildman–Crippen LogP) is 3.50. The number of benzene rings is 1. The third-order valence-electron chi connectivity index (χ3n) is 2.36. The molecule has 0 saturated heterocycles. The number of hydrogen-bond acceptors (Lipinski definition) is 3. The van der Waals surface area contributed by atoms with E-state index in [-0.39, 0.29) is 6.04 Å². The molecule has 1 rings (SSSR count). The Hall–Kier alpha value is -1.91. The van der Waals surface area contributed by atoms with Gasteiger partial charge in [-0.05, 0) is 25.8 Å². The fourth-order valence-corrected chi connectivity index (χ4v) is 1.47. The van der Waals surface area contributed by atoms with Gasteiger partial charge < -0.3 is 5.32 Å². The molecule has 0 radical (unpaired) electrons. The third kappa shape index (κ3) is 3.86. The number of nitro benzene ring substituents is 1. The van der Waals surface area contributed by atoms with Gasteiger partial charge in [0.15, 0.2) is 0 Å². The number of rotatable bonds is 6. The fourth-order valence-electron chi connectivity index (χ4n) is 1.47. The largest absolute Gasteiger partial charge is 0.382 e. The van der Waals surface area contributed by atoms with Crippen LogP contribution in [0, 0.1) is 15.9 Å². The fraction of sp³-hybridized carbons (Fsp3) is 0.333. The first-order valence-electron chi connectivity index (χ1n) is 5.36. The topological polar surface area (TPSA) is 55.2 Å². The molecule has 0 fully saturated rings. The lowest BCUT2D eigenvalue weighted by Gasteiger charge is -2.14. The molecule has 0 spiro atoms. The molecule has 0 bridgehead atoms. The Balaban J connectivity index is 2.70. The number of allylic oxidation sites excluding steroid dienone is 1. The van der Waals surface area contributed by atoms with Crippen LogP contribution in [0.5, 0.6) is 0 Å². The lowest BCUT2D eigenvalue weighted by molar-refractivity contribution is -0.387. The van der Waals surface area contributed by atoms with E-state index >= 15 is 0 Å². The average Bonchev–Trinajstić information content (AvgIpc) is 2.26. The Morgan fingerprint density at radius 3 is 2.88 bits per heavy atom. The van der Waals surface area contributed by atoms with Crippen molar-refractivity contribution in [1.82, 2.24) is 0 Å². The van der Waals surface area contributed by atoms with Gasteiger partial charge in [0.2, 0.25) is 5.82 Å². The van der Waals surface area contributed by atoms with E-state index in [2.05, 4.69) is 11.9 Å². The number of anilines is 1. The second-order valence-corrected chi connectivity index (χ2v) is 3.83. The second kappa shape index (κ2) is 5.98. The van der Waals surface area contributed by atoms with Crippen LogP contribution in [0.25, 0.3) is 0 Å². The van der Waals surface area contributed by atoms with Gasteiger partial charge in [-0.15, -0.1) is 6.58 Å². The molecular weight excluding hydrogens is 223 g/mol. The van der Waals surface area contributed by atoms with Crippen LogP contribution in [-0.4, -0.2) is 11.0 Å². The monoisotopic (exact) mass is 238 g/mol. The van der Waals surface area contributed by atoms with Crippen molar-refractivity contribution in [2.24, 2.45) is 0 Å². The Morgan fingerprint density at radius 2 is 2.35 bits per heavy atom. The van der Waals surface area contributed by atoms with Gasteiger partial charge in [-0.3, -0.25) is 10.1 Å². The smallest absolute Gasteiger partial charge is 0.304 e. The van der Waals surface area contributed by atoms with Gasteiger partial charge in [0.1, 0.15) is 0 Å². The van der Waals surface area contributed by atoms with E-state index < -0.39 is 16.4 Å². The maximum Gasteiger partial charge on any atom is 0.304 e. The minimum atomic E-state index is -0.823. The van der Waals surface area contributed by atoms with Crippen LogP contribution >= 0.6 is 0 Å². The molecule has 4 nitrogen and oxygen atoms in total. The quantitative estimate of drug-likeness (QED) is 0.469. The highest BCUT2D eigenvalue weighted by Gasteiger charge is 2.14. The number of nitro groups is 1. The van der Waals surface area contributed by atoms with Gasteiger partial charge in [-0.25, -0.2) is 0 Å². The maximum atomic E-state index is 13.3. The minimum Gasteiger partial charge on any atom is -0.382 e. The standard InChI is InChI=1S/C12H15FN2O2/c1-3-4-5-9(2)14-10-6-7-12(15(16)17)11(13)8-10/h3,6-9,14H,1,4-5H2,2H3. The Morgan fingerprint density at radius 1 is 1.65 bits per heavy atom. The van der Waals surface area contributed by atoms with Gasteiger partial charge in [0, 0.05) is 23.9 Å². The predicted molar refractivity (Wildman–Crippen MR) is 65.6 cm³/mol. The van der Waals surface area contributed by atoms with Crippen molar-refractivity contribution in [3.05, 3.63) is 46.8 Å². The summed E-state index contributed by atoms with van der Waals surface area (Å²) in [4.78, 5) is 9.69. The van der Waals surface area contributed by atoms with Crippen LogP contribution in [0.15, 0.2) is 30.9 Å². The van der Waals surface area contributed by atoms with E-state index in [1.165, 1.54) is 6.07 Å². The summed E-state index contributed by atoms with van der Waals surface area (Å²) < 4.78 is 13.3. The van der Waals surface area contributed by atoms with E-state index in [1.54, 1.807) is 0 Å². The molecule has 0 saturated carbocycles. The van der Waals surface area contributed by atoms with Gasteiger partial charge >= 0.3 is 5.69 Å².